The van der Waals surface area contributed by atoms with Crippen molar-refractivity contribution in [1.82, 2.24) is 9.88 Å². The van der Waals surface area contributed by atoms with Gasteiger partial charge < -0.3 is 9.64 Å². The molecular formula is C11H13N2O2. The Morgan fingerprint density at radius 2 is 2.20 bits per heavy atom. The molecule has 0 bridgehead atoms. The summed E-state index contributed by atoms with van der Waals surface area (Å²) in [6, 6.07) is 3.47. The standard InChI is InChI=1S/C11H13N2O2/c14-11(13-7-2-1-3-8-13)15-10-5-4-6-12-9-10/h1,4-6,9H,2-3,7-8H2. The first-order valence-corrected chi connectivity index (χ1v) is 5.05. The summed E-state index contributed by atoms with van der Waals surface area (Å²) in [7, 11) is 0. The second kappa shape index (κ2) is 4.77. The molecule has 1 aromatic rings. The van der Waals surface area contributed by atoms with E-state index in [-0.39, 0.29) is 6.09 Å². The van der Waals surface area contributed by atoms with Gasteiger partial charge in [0.2, 0.25) is 0 Å². The number of ether oxygens (including phenoxy) is 1. The van der Waals surface area contributed by atoms with Crippen molar-refractivity contribution in [2.24, 2.45) is 0 Å². The van der Waals surface area contributed by atoms with Crippen LogP contribution in [0.5, 0.6) is 5.75 Å². The van der Waals surface area contributed by atoms with Crippen LogP contribution in [0.3, 0.4) is 0 Å². The van der Waals surface area contributed by atoms with E-state index in [1.807, 2.05) is 0 Å². The zero-order chi connectivity index (χ0) is 10.5. The number of pyridine rings is 1. The first kappa shape index (κ1) is 9.96. The molecule has 0 spiro atoms. The fourth-order valence-corrected chi connectivity index (χ4v) is 1.51. The summed E-state index contributed by atoms with van der Waals surface area (Å²) in [5, 5.41) is 0. The Kier molecular flexibility index (Phi) is 3.17. The Bertz CT molecular complexity index is 321. The van der Waals surface area contributed by atoms with Crippen LogP contribution in [-0.2, 0) is 0 Å². The lowest BCUT2D eigenvalue weighted by atomic mass is 10.1. The van der Waals surface area contributed by atoms with E-state index in [1.165, 1.54) is 6.20 Å². The Balaban J connectivity index is 1.91. The van der Waals surface area contributed by atoms with Gasteiger partial charge in [-0.05, 0) is 31.4 Å². The summed E-state index contributed by atoms with van der Waals surface area (Å²) >= 11 is 0. The smallest absolute Gasteiger partial charge is 0.409 e. The molecule has 0 N–H and O–H groups in total. The molecule has 4 nitrogen and oxygen atoms in total. The predicted octanol–water partition coefficient (Wildman–Crippen LogP) is 1.88. The lowest BCUT2D eigenvalue weighted by molar-refractivity contribution is 0.148. The van der Waals surface area contributed by atoms with Crippen LogP contribution in [0.2, 0.25) is 0 Å². The molecule has 2 rings (SSSR count). The minimum Gasteiger partial charge on any atom is -0.409 e. The third-order valence-corrected chi connectivity index (χ3v) is 2.30. The second-order valence-corrected chi connectivity index (χ2v) is 3.41. The minimum atomic E-state index is -0.281. The van der Waals surface area contributed by atoms with Gasteiger partial charge in [0, 0.05) is 19.3 Å². The molecule has 15 heavy (non-hydrogen) atoms. The van der Waals surface area contributed by atoms with E-state index in [0.29, 0.717) is 5.75 Å². The maximum Gasteiger partial charge on any atom is 0.415 e. The molecule has 0 atom stereocenters. The van der Waals surface area contributed by atoms with Gasteiger partial charge in [-0.25, -0.2) is 4.79 Å². The molecule has 1 radical (unpaired) electrons. The first-order valence-electron chi connectivity index (χ1n) is 5.05. The topological polar surface area (TPSA) is 42.4 Å². The number of likely N-dealkylation sites (tertiary alicyclic amines) is 1. The highest BCUT2D eigenvalue weighted by molar-refractivity contribution is 5.70. The molecule has 1 saturated heterocycles. The highest BCUT2D eigenvalue weighted by Crippen LogP contribution is 2.12. The molecule has 0 saturated carbocycles. The molecule has 1 aliphatic rings. The zero-order valence-corrected chi connectivity index (χ0v) is 8.43. The van der Waals surface area contributed by atoms with Crippen molar-refractivity contribution in [3.8, 4) is 5.75 Å². The quantitative estimate of drug-likeness (QED) is 0.703. The van der Waals surface area contributed by atoms with Crippen molar-refractivity contribution in [2.45, 2.75) is 12.8 Å². The Morgan fingerprint density at radius 3 is 2.87 bits per heavy atom. The van der Waals surface area contributed by atoms with Gasteiger partial charge in [0.05, 0.1) is 6.20 Å². The lowest BCUT2D eigenvalue weighted by Gasteiger charge is -2.25. The third kappa shape index (κ3) is 2.68. The van der Waals surface area contributed by atoms with Gasteiger partial charge in [-0.2, -0.15) is 0 Å². The number of carbonyl (C=O) groups is 1. The van der Waals surface area contributed by atoms with Crippen LogP contribution in [0.15, 0.2) is 24.5 Å². The molecule has 1 aromatic heterocycles. The third-order valence-electron chi connectivity index (χ3n) is 2.30. The van der Waals surface area contributed by atoms with Crippen LogP contribution in [-0.4, -0.2) is 29.1 Å². The van der Waals surface area contributed by atoms with Gasteiger partial charge in [-0.15, -0.1) is 0 Å². The number of carbonyl (C=O) groups excluding carboxylic acids is 1. The summed E-state index contributed by atoms with van der Waals surface area (Å²) in [4.78, 5) is 17.2. The van der Waals surface area contributed by atoms with E-state index in [1.54, 1.807) is 23.2 Å². The van der Waals surface area contributed by atoms with E-state index >= 15 is 0 Å². The maximum atomic E-state index is 11.6. The molecule has 0 aromatic carbocycles. The minimum absolute atomic E-state index is 0.281. The van der Waals surface area contributed by atoms with Crippen LogP contribution in [0, 0.1) is 6.42 Å². The van der Waals surface area contributed by atoms with Crippen molar-refractivity contribution >= 4 is 6.09 Å². The first-order chi connectivity index (χ1) is 7.36. The maximum absolute atomic E-state index is 11.6. The van der Waals surface area contributed by atoms with Crippen molar-refractivity contribution < 1.29 is 9.53 Å². The molecule has 0 unspecified atom stereocenters. The van der Waals surface area contributed by atoms with Gasteiger partial charge in [-0.1, -0.05) is 0 Å². The van der Waals surface area contributed by atoms with E-state index in [4.69, 9.17) is 4.74 Å². The van der Waals surface area contributed by atoms with Gasteiger partial charge in [-0.3, -0.25) is 4.98 Å². The number of piperidine rings is 1. The van der Waals surface area contributed by atoms with E-state index in [9.17, 15) is 4.79 Å². The van der Waals surface area contributed by atoms with Crippen LogP contribution < -0.4 is 4.74 Å². The van der Waals surface area contributed by atoms with Crippen molar-refractivity contribution in [3.05, 3.63) is 30.9 Å². The van der Waals surface area contributed by atoms with E-state index in [0.717, 1.165) is 25.9 Å². The van der Waals surface area contributed by atoms with Crippen molar-refractivity contribution in [1.29, 1.82) is 0 Å². The van der Waals surface area contributed by atoms with Gasteiger partial charge in [0.1, 0.15) is 0 Å². The predicted molar refractivity (Wildman–Crippen MR) is 55.4 cm³/mol. The largest absolute Gasteiger partial charge is 0.415 e. The summed E-state index contributed by atoms with van der Waals surface area (Å²) in [6.07, 6.45) is 6.98. The lowest BCUT2D eigenvalue weighted by Crippen LogP contribution is -2.37. The second-order valence-electron chi connectivity index (χ2n) is 3.41. The van der Waals surface area contributed by atoms with Crippen LogP contribution in [0.1, 0.15) is 12.8 Å². The number of nitrogens with zero attached hydrogens (tertiary/aromatic N) is 2. The van der Waals surface area contributed by atoms with Crippen molar-refractivity contribution in [3.63, 3.8) is 0 Å². The molecule has 79 valence electrons. The fourth-order valence-electron chi connectivity index (χ4n) is 1.51. The summed E-state index contributed by atoms with van der Waals surface area (Å²) in [6.45, 7) is 1.50. The van der Waals surface area contributed by atoms with Gasteiger partial charge in [0.25, 0.3) is 0 Å². The number of aromatic nitrogens is 1. The average molecular weight is 205 g/mol. The monoisotopic (exact) mass is 205 g/mol. The Labute approximate surface area is 88.9 Å². The molecule has 0 aliphatic carbocycles. The summed E-state index contributed by atoms with van der Waals surface area (Å²) < 4.78 is 5.16. The van der Waals surface area contributed by atoms with Gasteiger partial charge in [0.15, 0.2) is 5.75 Å². The Hall–Kier alpha value is -1.58. The summed E-state index contributed by atoms with van der Waals surface area (Å²) in [5.74, 6) is 0.497. The zero-order valence-electron chi connectivity index (χ0n) is 8.43. The van der Waals surface area contributed by atoms with Crippen LogP contribution in [0.4, 0.5) is 4.79 Å². The molecule has 1 fully saturated rings. The number of hydrogen-bond acceptors (Lipinski definition) is 3. The molecule has 2 heterocycles. The van der Waals surface area contributed by atoms with Crippen LogP contribution >= 0.6 is 0 Å². The fraction of sp³-hybridized carbons (Fsp3) is 0.364. The van der Waals surface area contributed by atoms with Gasteiger partial charge >= 0.3 is 6.09 Å². The highest BCUT2D eigenvalue weighted by Gasteiger charge is 2.18. The molecule has 1 amide bonds. The van der Waals surface area contributed by atoms with E-state index < -0.39 is 0 Å². The number of amides is 1. The SMILES string of the molecule is O=C(Oc1cccnc1)N1CC[CH]CC1. The number of rotatable bonds is 1. The molecular weight excluding hydrogens is 192 g/mol. The van der Waals surface area contributed by atoms with Crippen molar-refractivity contribution in [2.75, 3.05) is 13.1 Å². The number of hydrogen-bond donors (Lipinski definition) is 0. The average Bonchev–Trinajstić information content (AvgIpc) is 2.31. The highest BCUT2D eigenvalue weighted by atomic mass is 16.6. The Morgan fingerprint density at radius 1 is 1.40 bits per heavy atom. The summed E-state index contributed by atoms with van der Waals surface area (Å²) in [5.41, 5.74) is 0. The normalized spacial score (nSPS) is 16.1. The molecule has 1 aliphatic heterocycles. The van der Waals surface area contributed by atoms with Crippen LogP contribution in [0.25, 0.3) is 0 Å². The molecule has 4 heteroatoms. The van der Waals surface area contributed by atoms with E-state index in [2.05, 4.69) is 11.4 Å².